The average Bonchev–Trinajstić information content (AvgIpc) is 1.95. The van der Waals surface area contributed by atoms with Gasteiger partial charge < -0.3 is 5.73 Å². The molecule has 0 bridgehead atoms. The molecule has 0 aliphatic heterocycles. The van der Waals surface area contributed by atoms with E-state index in [9.17, 15) is 17.6 Å². The summed E-state index contributed by atoms with van der Waals surface area (Å²) in [7, 11) is 0. The van der Waals surface area contributed by atoms with Crippen molar-refractivity contribution in [1.82, 2.24) is 0 Å². The summed E-state index contributed by atoms with van der Waals surface area (Å²) in [6.07, 6.45) is -4.74. The van der Waals surface area contributed by atoms with Crippen LogP contribution in [0.25, 0.3) is 0 Å². The van der Waals surface area contributed by atoms with Gasteiger partial charge in [-0.15, -0.1) is 0 Å². The van der Waals surface area contributed by atoms with Gasteiger partial charge in [-0.25, -0.2) is 4.39 Å². The van der Waals surface area contributed by atoms with Crippen molar-refractivity contribution < 1.29 is 17.6 Å². The fourth-order valence-corrected chi connectivity index (χ4v) is 0.983. The van der Waals surface area contributed by atoms with Crippen LogP contribution >= 0.6 is 0 Å². The van der Waals surface area contributed by atoms with Crippen molar-refractivity contribution in [3.8, 4) is 0 Å². The highest BCUT2D eigenvalue weighted by Gasteiger charge is 2.36. The quantitative estimate of drug-likeness (QED) is 0.497. The van der Waals surface area contributed by atoms with Crippen LogP contribution in [0.1, 0.15) is 11.1 Å². The minimum absolute atomic E-state index is 0.0680. The Labute approximate surface area is 72.2 Å². The normalized spacial score (nSPS) is 11.8. The molecule has 0 atom stereocenters. The van der Waals surface area contributed by atoms with Crippen LogP contribution in [-0.4, -0.2) is 0 Å². The first kappa shape index (κ1) is 9.83. The van der Waals surface area contributed by atoms with Crippen LogP contribution in [0.3, 0.4) is 0 Å². The third-order valence-corrected chi connectivity index (χ3v) is 1.65. The standard InChI is InChI=1S/C8H7F4N/c1-4-2-3-5(13)6(7(4)9)8(10,11)12/h2-3H,13H2,1H3. The van der Waals surface area contributed by atoms with Gasteiger partial charge in [-0.2, -0.15) is 13.2 Å². The van der Waals surface area contributed by atoms with Crippen LogP contribution in [0.15, 0.2) is 12.1 Å². The summed E-state index contributed by atoms with van der Waals surface area (Å²) in [5.74, 6) is -1.30. The van der Waals surface area contributed by atoms with E-state index in [1.54, 1.807) is 0 Å². The number of alkyl halides is 3. The molecule has 0 aliphatic carbocycles. The molecular weight excluding hydrogens is 186 g/mol. The van der Waals surface area contributed by atoms with Gasteiger partial charge in [0.2, 0.25) is 0 Å². The lowest BCUT2D eigenvalue weighted by atomic mass is 10.1. The first-order chi connectivity index (χ1) is 5.84. The Hall–Kier alpha value is -1.26. The highest BCUT2D eigenvalue weighted by atomic mass is 19.4. The van der Waals surface area contributed by atoms with Gasteiger partial charge in [-0.3, -0.25) is 0 Å². The van der Waals surface area contributed by atoms with Gasteiger partial charge in [0.05, 0.1) is 0 Å². The van der Waals surface area contributed by atoms with Crippen LogP contribution in [0.5, 0.6) is 0 Å². The van der Waals surface area contributed by atoms with E-state index in [-0.39, 0.29) is 5.56 Å². The fourth-order valence-electron chi connectivity index (χ4n) is 0.983. The monoisotopic (exact) mass is 193 g/mol. The molecule has 0 spiro atoms. The molecule has 5 heteroatoms. The highest BCUT2D eigenvalue weighted by Crippen LogP contribution is 2.36. The minimum atomic E-state index is -4.74. The van der Waals surface area contributed by atoms with Crippen LogP contribution in [0.2, 0.25) is 0 Å². The molecule has 13 heavy (non-hydrogen) atoms. The second-order valence-electron chi connectivity index (χ2n) is 2.66. The molecule has 1 rings (SSSR count). The number of hydrogen-bond acceptors (Lipinski definition) is 1. The van der Waals surface area contributed by atoms with E-state index in [2.05, 4.69) is 0 Å². The number of aryl methyl sites for hydroxylation is 1. The Morgan fingerprint density at radius 3 is 2.15 bits per heavy atom. The van der Waals surface area contributed by atoms with Gasteiger partial charge in [0.1, 0.15) is 11.4 Å². The molecule has 0 saturated carbocycles. The van der Waals surface area contributed by atoms with Crippen molar-refractivity contribution in [2.75, 3.05) is 5.73 Å². The van der Waals surface area contributed by atoms with E-state index in [1.165, 1.54) is 13.0 Å². The Kier molecular flexibility index (Phi) is 2.19. The van der Waals surface area contributed by atoms with Crippen molar-refractivity contribution in [3.05, 3.63) is 29.1 Å². The number of halogens is 4. The maximum Gasteiger partial charge on any atom is 0.421 e. The molecule has 0 fully saturated rings. The highest BCUT2D eigenvalue weighted by molar-refractivity contribution is 5.51. The van der Waals surface area contributed by atoms with Gasteiger partial charge >= 0.3 is 6.18 Å². The molecule has 0 saturated heterocycles. The molecule has 1 nitrogen and oxygen atoms in total. The summed E-state index contributed by atoms with van der Waals surface area (Å²) >= 11 is 0. The summed E-state index contributed by atoms with van der Waals surface area (Å²) < 4.78 is 49.5. The third-order valence-electron chi connectivity index (χ3n) is 1.65. The molecule has 1 aromatic rings. The van der Waals surface area contributed by atoms with Gasteiger partial charge in [-0.1, -0.05) is 6.07 Å². The number of nitrogens with two attached hydrogens (primary N) is 1. The van der Waals surface area contributed by atoms with Gasteiger partial charge in [0.25, 0.3) is 0 Å². The largest absolute Gasteiger partial charge is 0.421 e. The summed E-state index contributed by atoms with van der Waals surface area (Å²) in [5.41, 5.74) is 2.98. The Morgan fingerprint density at radius 2 is 1.77 bits per heavy atom. The first-order valence-corrected chi connectivity index (χ1v) is 3.46. The predicted octanol–water partition coefficient (Wildman–Crippen LogP) is 2.74. The summed E-state index contributed by atoms with van der Waals surface area (Å²) in [6, 6.07) is 2.25. The van der Waals surface area contributed by atoms with Crippen molar-refractivity contribution in [2.45, 2.75) is 13.1 Å². The molecule has 0 aromatic heterocycles. The van der Waals surface area contributed by atoms with E-state index in [0.717, 1.165) is 6.07 Å². The smallest absolute Gasteiger partial charge is 0.398 e. The average molecular weight is 193 g/mol. The SMILES string of the molecule is Cc1ccc(N)c(C(F)(F)F)c1F. The van der Waals surface area contributed by atoms with Crippen LogP contribution in [0, 0.1) is 12.7 Å². The van der Waals surface area contributed by atoms with Crippen molar-refractivity contribution >= 4 is 5.69 Å². The Balaban J connectivity index is 3.43. The number of benzene rings is 1. The van der Waals surface area contributed by atoms with E-state index in [4.69, 9.17) is 5.73 Å². The third kappa shape index (κ3) is 1.74. The fraction of sp³-hybridized carbons (Fsp3) is 0.250. The second kappa shape index (κ2) is 2.90. The van der Waals surface area contributed by atoms with Crippen LogP contribution in [-0.2, 0) is 6.18 Å². The predicted molar refractivity (Wildman–Crippen MR) is 40.6 cm³/mol. The molecule has 1 aromatic carbocycles. The van der Waals surface area contributed by atoms with Crippen molar-refractivity contribution in [3.63, 3.8) is 0 Å². The Morgan fingerprint density at radius 1 is 1.23 bits per heavy atom. The lowest BCUT2D eigenvalue weighted by Gasteiger charge is -2.11. The summed E-state index contributed by atoms with van der Waals surface area (Å²) in [5, 5.41) is 0. The number of anilines is 1. The molecule has 2 N–H and O–H groups in total. The zero-order chi connectivity index (χ0) is 10.2. The molecule has 0 heterocycles. The van der Waals surface area contributed by atoms with E-state index < -0.39 is 23.2 Å². The lowest BCUT2D eigenvalue weighted by molar-refractivity contribution is -0.139. The zero-order valence-electron chi connectivity index (χ0n) is 6.74. The maximum absolute atomic E-state index is 13.0. The molecule has 0 amide bonds. The second-order valence-corrected chi connectivity index (χ2v) is 2.66. The van der Waals surface area contributed by atoms with E-state index in [0.29, 0.717) is 0 Å². The zero-order valence-corrected chi connectivity index (χ0v) is 6.74. The Bertz CT molecular complexity index is 330. The molecule has 0 aliphatic rings. The van der Waals surface area contributed by atoms with Gasteiger partial charge in [-0.05, 0) is 18.6 Å². The topological polar surface area (TPSA) is 26.0 Å². The van der Waals surface area contributed by atoms with E-state index >= 15 is 0 Å². The minimum Gasteiger partial charge on any atom is -0.398 e. The molecular formula is C8H7F4N. The number of hydrogen-bond donors (Lipinski definition) is 1. The lowest BCUT2D eigenvalue weighted by Crippen LogP contribution is -2.12. The summed E-state index contributed by atoms with van der Waals surface area (Å²) in [4.78, 5) is 0. The summed E-state index contributed by atoms with van der Waals surface area (Å²) in [6.45, 7) is 1.25. The van der Waals surface area contributed by atoms with Gasteiger partial charge in [0, 0.05) is 5.69 Å². The van der Waals surface area contributed by atoms with E-state index in [1.807, 2.05) is 0 Å². The number of rotatable bonds is 0. The number of nitrogen functional groups attached to an aromatic ring is 1. The van der Waals surface area contributed by atoms with Crippen LogP contribution < -0.4 is 5.73 Å². The van der Waals surface area contributed by atoms with Crippen LogP contribution in [0.4, 0.5) is 23.2 Å². The van der Waals surface area contributed by atoms with Gasteiger partial charge in [0.15, 0.2) is 0 Å². The molecule has 72 valence electrons. The molecule has 0 unspecified atom stereocenters. The maximum atomic E-state index is 13.0. The van der Waals surface area contributed by atoms with Crippen molar-refractivity contribution in [2.24, 2.45) is 0 Å². The molecule has 0 radical (unpaired) electrons. The van der Waals surface area contributed by atoms with Crippen molar-refractivity contribution in [1.29, 1.82) is 0 Å². The first-order valence-electron chi connectivity index (χ1n) is 3.46.